The first kappa shape index (κ1) is 28.3. The Morgan fingerprint density at radius 2 is 1.36 bits per heavy atom. The lowest BCUT2D eigenvalue weighted by molar-refractivity contribution is 0.440. The largest absolute Gasteiger partial charge is 0.0991 e. The summed E-state index contributed by atoms with van der Waals surface area (Å²) in [5.41, 5.74) is 3.10. The van der Waals surface area contributed by atoms with Crippen molar-refractivity contribution in [1.82, 2.24) is 0 Å². The Hall–Kier alpha value is -1.56. The van der Waals surface area contributed by atoms with Crippen molar-refractivity contribution < 1.29 is 0 Å². The summed E-state index contributed by atoms with van der Waals surface area (Å²) in [6.07, 6.45) is 17.4. The van der Waals surface area contributed by atoms with E-state index in [0.29, 0.717) is 0 Å². The van der Waals surface area contributed by atoms with Gasteiger partial charge in [-0.15, -0.1) is 0 Å². The van der Waals surface area contributed by atoms with Gasteiger partial charge in [-0.05, 0) is 42.2 Å². The molecule has 0 aliphatic carbocycles. The molecule has 0 rings (SSSR count). The molecule has 0 amide bonds. The topological polar surface area (TPSA) is 0 Å². The lowest BCUT2D eigenvalue weighted by Crippen LogP contribution is -2.11. The predicted octanol–water partition coefficient (Wildman–Crippen LogP) is 8.86. The Kier molecular flexibility index (Phi) is 18.0. The zero-order valence-electron chi connectivity index (χ0n) is 18.7. The van der Waals surface area contributed by atoms with Gasteiger partial charge in [0.2, 0.25) is 0 Å². The SMILES string of the molecule is C=C/C(=C\C=C/C)C(C)(C)CC.C=C/C=C(\C=C/C)C(C)(C)C.CC. The fourth-order valence-electron chi connectivity index (χ4n) is 1.84. The van der Waals surface area contributed by atoms with Gasteiger partial charge in [-0.3, -0.25) is 0 Å². The van der Waals surface area contributed by atoms with Crippen LogP contribution in [-0.2, 0) is 0 Å². The Bertz CT molecular complexity index is 457. The number of rotatable bonds is 6. The molecule has 0 spiro atoms. The summed E-state index contributed by atoms with van der Waals surface area (Å²) >= 11 is 0. The predicted molar refractivity (Wildman–Crippen MR) is 121 cm³/mol. The summed E-state index contributed by atoms with van der Waals surface area (Å²) in [5, 5.41) is 0. The summed E-state index contributed by atoms with van der Waals surface area (Å²) in [5.74, 6) is 0. The molecule has 0 saturated heterocycles. The average Bonchev–Trinajstić information content (AvgIpc) is 2.57. The quantitative estimate of drug-likeness (QED) is 0.422. The molecule has 0 heteroatoms. The second-order valence-electron chi connectivity index (χ2n) is 7.20. The van der Waals surface area contributed by atoms with Gasteiger partial charge in [0.25, 0.3) is 0 Å². The molecular formula is C25H44. The smallest absolute Gasteiger partial charge is 0.0106 e. The highest BCUT2D eigenvalue weighted by Crippen LogP contribution is 2.30. The van der Waals surface area contributed by atoms with Crippen LogP contribution < -0.4 is 0 Å². The highest BCUT2D eigenvalue weighted by atomic mass is 14.2. The van der Waals surface area contributed by atoms with Crippen molar-refractivity contribution in [3.63, 3.8) is 0 Å². The standard InChI is InChI=1S/C12H20.C11H18.C2H6/c1-6-9-10-11(7-2)12(4,5)8-3;1-6-8-10(9-7-2)11(3,4)5;1-2/h6-7,9-10H,2,8H2,1,3-5H3;6-9H,1H2,2-5H3;1-2H3/b9-6-,11-10+;9-7-,10-8+;. The Labute approximate surface area is 159 Å². The third-order valence-corrected chi connectivity index (χ3v) is 3.86. The zero-order valence-corrected chi connectivity index (χ0v) is 18.7. The number of allylic oxidation sites excluding steroid dienone is 10. The minimum absolute atomic E-state index is 0.223. The molecule has 0 atom stereocenters. The molecule has 0 unspecified atom stereocenters. The molecular weight excluding hydrogens is 300 g/mol. The Morgan fingerprint density at radius 1 is 0.840 bits per heavy atom. The summed E-state index contributed by atoms with van der Waals surface area (Å²) < 4.78 is 0. The molecule has 0 nitrogen and oxygen atoms in total. The van der Waals surface area contributed by atoms with Gasteiger partial charge in [-0.1, -0.05) is 117 Å². The van der Waals surface area contributed by atoms with Crippen LogP contribution in [0.1, 0.15) is 75.7 Å². The van der Waals surface area contributed by atoms with Crippen LogP contribution in [0.2, 0.25) is 0 Å². The Balaban J connectivity index is -0.000000353. The molecule has 25 heavy (non-hydrogen) atoms. The van der Waals surface area contributed by atoms with Crippen LogP contribution in [0.15, 0.2) is 72.9 Å². The summed E-state index contributed by atoms with van der Waals surface area (Å²) in [7, 11) is 0. The number of hydrogen-bond acceptors (Lipinski definition) is 0. The summed E-state index contributed by atoms with van der Waals surface area (Å²) in [6, 6.07) is 0. The van der Waals surface area contributed by atoms with E-state index in [0.717, 1.165) is 6.42 Å². The highest BCUT2D eigenvalue weighted by Gasteiger charge is 2.17. The van der Waals surface area contributed by atoms with Crippen molar-refractivity contribution in [2.24, 2.45) is 10.8 Å². The van der Waals surface area contributed by atoms with Crippen molar-refractivity contribution in [2.75, 3.05) is 0 Å². The second-order valence-corrected chi connectivity index (χ2v) is 7.20. The highest BCUT2D eigenvalue weighted by molar-refractivity contribution is 5.28. The molecule has 0 aliphatic rings. The van der Waals surface area contributed by atoms with Crippen LogP contribution in [0, 0.1) is 10.8 Å². The fraction of sp³-hybridized carbons (Fsp3) is 0.520. The molecule has 144 valence electrons. The first-order valence-corrected chi connectivity index (χ1v) is 9.52. The van der Waals surface area contributed by atoms with Gasteiger partial charge >= 0.3 is 0 Å². The van der Waals surface area contributed by atoms with Gasteiger partial charge in [0.15, 0.2) is 0 Å². The molecule has 0 heterocycles. The average molecular weight is 345 g/mol. The molecule has 0 fully saturated rings. The maximum absolute atomic E-state index is 3.83. The summed E-state index contributed by atoms with van der Waals surface area (Å²) in [4.78, 5) is 0. The lowest BCUT2D eigenvalue weighted by Gasteiger charge is -2.23. The van der Waals surface area contributed by atoms with E-state index in [1.54, 1.807) is 0 Å². The molecule has 0 bridgehead atoms. The van der Waals surface area contributed by atoms with E-state index >= 15 is 0 Å². The minimum Gasteiger partial charge on any atom is -0.0991 e. The van der Waals surface area contributed by atoms with Crippen LogP contribution in [0.5, 0.6) is 0 Å². The number of hydrogen-bond donors (Lipinski definition) is 0. The zero-order chi connectivity index (χ0) is 20.5. The van der Waals surface area contributed by atoms with Crippen molar-refractivity contribution >= 4 is 0 Å². The molecule has 0 aromatic carbocycles. The van der Waals surface area contributed by atoms with E-state index in [1.165, 1.54) is 11.1 Å². The van der Waals surface area contributed by atoms with Crippen LogP contribution >= 0.6 is 0 Å². The van der Waals surface area contributed by atoms with Gasteiger partial charge in [-0.25, -0.2) is 0 Å². The van der Waals surface area contributed by atoms with Crippen LogP contribution in [0.25, 0.3) is 0 Å². The third kappa shape index (κ3) is 14.5. The monoisotopic (exact) mass is 344 g/mol. The van der Waals surface area contributed by atoms with Crippen molar-refractivity contribution in [2.45, 2.75) is 75.7 Å². The lowest BCUT2D eigenvalue weighted by atomic mass is 9.81. The van der Waals surface area contributed by atoms with Crippen molar-refractivity contribution in [3.05, 3.63) is 72.9 Å². The maximum atomic E-state index is 3.83. The fourth-order valence-corrected chi connectivity index (χ4v) is 1.84. The minimum atomic E-state index is 0.223. The van der Waals surface area contributed by atoms with Crippen LogP contribution in [0.3, 0.4) is 0 Å². The van der Waals surface area contributed by atoms with Crippen LogP contribution in [0.4, 0.5) is 0 Å². The van der Waals surface area contributed by atoms with E-state index in [1.807, 2.05) is 45.9 Å². The Morgan fingerprint density at radius 3 is 1.64 bits per heavy atom. The van der Waals surface area contributed by atoms with E-state index < -0.39 is 0 Å². The first-order chi connectivity index (χ1) is 11.6. The molecule has 0 radical (unpaired) electrons. The van der Waals surface area contributed by atoms with Crippen molar-refractivity contribution in [1.29, 1.82) is 0 Å². The van der Waals surface area contributed by atoms with Crippen molar-refractivity contribution in [3.8, 4) is 0 Å². The second kappa shape index (κ2) is 15.9. The normalized spacial score (nSPS) is 13.0. The molecule has 0 saturated carbocycles. The first-order valence-electron chi connectivity index (χ1n) is 9.52. The molecule has 0 N–H and O–H groups in total. The van der Waals surface area contributed by atoms with E-state index in [9.17, 15) is 0 Å². The van der Waals surface area contributed by atoms with Crippen LogP contribution in [-0.4, -0.2) is 0 Å². The summed E-state index contributed by atoms with van der Waals surface area (Å²) in [6.45, 7) is 28.8. The van der Waals surface area contributed by atoms with E-state index in [4.69, 9.17) is 0 Å². The maximum Gasteiger partial charge on any atom is -0.0106 e. The van der Waals surface area contributed by atoms with Gasteiger partial charge in [0, 0.05) is 0 Å². The molecule has 0 aromatic rings. The third-order valence-electron chi connectivity index (χ3n) is 3.86. The van der Waals surface area contributed by atoms with Gasteiger partial charge in [0.1, 0.15) is 0 Å². The van der Waals surface area contributed by atoms with E-state index in [-0.39, 0.29) is 10.8 Å². The molecule has 0 aromatic heterocycles. The van der Waals surface area contributed by atoms with E-state index in [2.05, 4.69) is 85.1 Å². The van der Waals surface area contributed by atoms with Gasteiger partial charge in [-0.2, -0.15) is 0 Å². The van der Waals surface area contributed by atoms with Gasteiger partial charge in [0.05, 0.1) is 0 Å². The van der Waals surface area contributed by atoms with Gasteiger partial charge < -0.3 is 0 Å². The molecule has 0 aliphatic heterocycles.